The molecule has 0 saturated heterocycles. The summed E-state index contributed by atoms with van der Waals surface area (Å²) in [5.41, 5.74) is 0. The Bertz CT molecular complexity index is 301. The van der Waals surface area contributed by atoms with Crippen molar-refractivity contribution in [3.8, 4) is 0 Å². The molecule has 102 valence electrons. The molecule has 0 bridgehead atoms. The zero-order chi connectivity index (χ0) is 13.4. The van der Waals surface area contributed by atoms with E-state index in [9.17, 15) is 14.0 Å². The van der Waals surface area contributed by atoms with Crippen molar-refractivity contribution in [1.29, 1.82) is 0 Å². The first kappa shape index (κ1) is 14.9. The van der Waals surface area contributed by atoms with Gasteiger partial charge in [-0.2, -0.15) is 0 Å². The fourth-order valence-corrected chi connectivity index (χ4v) is 2.38. The van der Waals surface area contributed by atoms with Crippen LogP contribution in [-0.2, 0) is 14.3 Å². The van der Waals surface area contributed by atoms with Gasteiger partial charge in [0.25, 0.3) is 0 Å². The largest absolute Gasteiger partial charge is 0.469 e. The van der Waals surface area contributed by atoms with Crippen molar-refractivity contribution < 1.29 is 18.7 Å². The molecule has 3 nitrogen and oxygen atoms in total. The highest BCUT2D eigenvalue weighted by Crippen LogP contribution is 2.35. The molecule has 0 unspecified atom stereocenters. The van der Waals surface area contributed by atoms with Gasteiger partial charge in [0, 0.05) is 18.3 Å². The summed E-state index contributed by atoms with van der Waals surface area (Å²) in [6.45, 7) is 0. The topological polar surface area (TPSA) is 43.4 Å². The first-order valence-corrected chi connectivity index (χ1v) is 6.50. The molecule has 4 heteroatoms. The molecule has 1 rings (SSSR count). The van der Waals surface area contributed by atoms with Crippen LogP contribution in [0.5, 0.6) is 0 Å². The fourth-order valence-electron chi connectivity index (χ4n) is 2.38. The Morgan fingerprint density at radius 2 is 2.17 bits per heavy atom. The highest BCUT2D eigenvalue weighted by Gasteiger charge is 2.34. The number of aldehydes is 1. The van der Waals surface area contributed by atoms with Gasteiger partial charge in [0.05, 0.1) is 7.11 Å². The molecule has 1 fully saturated rings. The molecule has 18 heavy (non-hydrogen) atoms. The summed E-state index contributed by atoms with van der Waals surface area (Å²) >= 11 is 0. The summed E-state index contributed by atoms with van der Waals surface area (Å²) in [6, 6.07) is 0. The smallest absolute Gasteiger partial charge is 0.305 e. The third-order valence-electron chi connectivity index (χ3n) is 3.52. The average molecular weight is 256 g/mol. The van der Waals surface area contributed by atoms with Crippen molar-refractivity contribution in [2.45, 2.75) is 44.7 Å². The zero-order valence-corrected chi connectivity index (χ0v) is 10.8. The molecule has 3 atom stereocenters. The van der Waals surface area contributed by atoms with Crippen molar-refractivity contribution in [2.75, 3.05) is 7.11 Å². The molecule has 0 aliphatic heterocycles. The van der Waals surface area contributed by atoms with Crippen LogP contribution in [0.3, 0.4) is 0 Å². The van der Waals surface area contributed by atoms with Gasteiger partial charge in [0.15, 0.2) is 0 Å². The molecule has 1 saturated carbocycles. The number of carbonyl (C=O) groups excluding carboxylic acids is 2. The van der Waals surface area contributed by atoms with Crippen molar-refractivity contribution in [1.82, 2.24) is 0 Å². The lowest BCUT2D eigenvalue weighted by atomic mass is 9.93. The van der Waals surface area contributed by atoms with Crippen molar-refractivity contribution in [3.63, 3.8) is 0 Å². The van der Waals surface area contributed by atoms with Gasteiger partial charge in [-0.15, -0.1) is 0 Å². The van der Waals surface area contributed by atoms with E-state index in [2.05, 4.69) is 4.74 Å². The number of halogens is 1. The number of alkyl halides is 1. The van der Waals surface area contributed by atoms with Crippen LogP contribution in [-0.4, -0.2) is 25.5 Å². The highest BCUT2D eigenvalue weighted by atomic mass is 19.1. The molecule has 0 aromatic rings. The van der Waals surface area contributed by atoms with E-state index in [1.54, 1.807) is 0 Å². The quantitative estimate of drug-likeness (QED) is 0.304. The minimum atomic E-state index is -0.847. The third kappa shape index (κ3) is 4.59. The second-order valence-corrected chi connectivity index (χ2v) is 4.73. The van der Waals surface area contributed by atoms with Crippen LogP contribution in [0.4, 0.5) is 4.39 Å². The molecule has 0 heterocycles. The van der Waals surface area contributed by atoms with Gasteiger partial charge in [-0.1, -0.05) is 12.2 Å². The standard InChI is InChI=1S/C14H21FO3/c1-18-14(17)7-5-3-2-4-6-12-11(10-16)8-9-13(12)15/h2,4,10-13H,3,5-9H2,1H3/b4-2-/t11-,12-,13-/m1/s1. The van der Waals surface area contributed by atoms with Crippen molar-refractivity contribution >= 4 is 12.3 Å². The first-order chi connectivity index (χ1) is 8.69. The summed E-state index contributed by atoms with van der Waals surface area (Å²) in [7, 11) is 1.37. The van der Waals surface area contributed by atoms with Crippen LogP contribution in [0, 0.1) is 11.8 Å². The van der Waals surface area contributed by atoms with E-state index in [-0.39, 0.29) is 17.8 Å². The number of hydrogen-bond acceptors (Lipinski definition) is 3. The number of methoxy groups -OCH3 is 1. The number of carbonyl (C=O) groups is 2. The summed E-state index contributed by atoms with van der Waals surface area (Å²) in [6.07, 6.45) is 7.64. The minimum absolute atomic E-state index is 0.125. The lowest BCUT2D eigenvalue weighted by molar-refractivity contribution is -0.140. The van der Waals surface area contributed by atoms with E-state index in [4.69, 9.17) is 0 Å². The summed E-state index contributed by atoms with van der Waals surface area (Å²) in [5.74, 6) is -0.483. The van der Waals surface area contributed by atoms with Crippen LogP contribution >= 0.6 is 0 Å². The lowest BCUT2D eigenvalue weighted by Crippen LogP contribution is -2.15. The van der Waals surface area contributed by atoms with Gasteiger partial charge in [0.2, 0.25) is 0 Å². The maximum atomic E-state index is 13.5. The van der Waals surface area contributed by atoms with Gasteiger partial charge in [0.1, 0.15) is 12.5 Å². The van der Waals surface area contributed by atoms with Crippen LogP contribution in [0.2, 0.25) is 0 Å². The van der Waals surface area contributed by atoms with Crippen molar-refractivity contribution in [3.05, 3.63) is 12.2 Å². The minimum Gasteiger partial charge on any atom is -0.469 e. The van der Waals surface area contributed by atoms with E-state index < -0.39 is 6.17 Å². The summed E-state index contributed by atoms with van der Waals surface area (Å²) in [4.78, 5) is 21.6. The highest BCUT2D eigenvalue weighted by molar-refractivity contribution is 5.69. The monoisotopic (exact) mass is 256 g/mol. The van der Waals surface area contributed by atoms with E-state index in [0.717, 1.165) is 19.1 Å². The molecule has 0 radical (unpaired) electrons. The molecule has 0 aromatic heterocycles. The Morgan fingerprint density at radius 3 is 2.83 bits per heavy atom. The van der Waals surface area contributed by atoms with Crippen LogP contribution < -0.4 is 0 Å². The Morgan fingerprint density at radius 1 is 1.39 bits per heavy atom. The summed E-state index contributed by atoms with van der Waals surface area (Å²) in [5, 5.41) is 0. The lowest BCUT2D eigenvalue weighted by Gasteiger charge is -2.13. The average Bonchev–Trinajstić information content (AvgIpc) is 2.74. The third-order valence-corrected chi connectivity index (χ3v) is 3.52. The van der Waals surface area contributed by atoms with Crippen LogP contribution in [0.15, 0.2) is 12.2 Å². The second kappa shape index (κ2) is 8.01. The van der Waals surface area contributed by atoms with E-state index in [1.165, 1.54) is 7.11 Å². The van der Waals surface area contributed by atoms with Gasteiger partial charge < -0.3 is 9.53 Å². The maximum absolute atomic E-state index is 13.5. The normalized spacial score (nSPS) is 27.6. The van der Waals surface area contributed by atoms with E-state index in [1.807, 2.05) is 12.2 Å². The molecular formula is C14H21FO3. The number of rotatable bonds is 7. The second-order valence-electron chi connectivity index (χ2n) is 4.73. The van der Waals surface area contributed by atoms with E-state index in [0.29, 0.717) is 25.7 Å². The Labute approximate surface area is 107 Å². The molecule has 0 aromatic carbocycles. The number of allylic oxidation sites excluding steroid dienone is 2. The molecule has 0 spiro atoms. The van der Waals surface area contributed by atoms with Gasteiger partial charge in [-0.3, -0.25) is 4.79 Å². The zero-order valence-electron chi connectivity index (χ0n) is 10.8. The number of esters is 1. The fraction of sp³-hybridized carbons (Fsp3) is 0.714. The van der Waals surface area contributed by atoms with Crippen molar-refractivity contribution in [2.24, 2.45) is 11.8 Å². The number of ether oxygens (including phenoxy) is 1. The Hall–Kier alpha value is -1.19. The predicted octanol–water partition coefficient (Wildman–Crippen LogP) is 2.84. The molecular weight excluding hydrogens is 235 g/mol. The molecule has 1 aliphatic rings. The van der Waals surface area contributed by atoms with Crippen LogP contribution in [0.25, 0.3) is 0 Å². The molecule has 1 aliphatic carbocycles. The SMILES string of the molecule is COC(=O)CCC/C=C\C[C@H]1[C@H](F)CC[C@@H]1C=O. The maximum Gasteiger partial charge on any atom is 0.305 e. The Balaban J connectivity index is 2.19. The predicted molar refractivity (Wildman–Crippen MR) is 66.8 cm³/mol. The number of hydrogen-bond donors (Lipinski definition) is 0. The van der Waals surface area contributed by atoms with Gasteiger partial charge >= 0.3 is 5.97 Å². The Kier molecular flexibility index (Phi) is 6.61. The van der Waals surface area contributed by atoms with Crippen LogP contribution in [0.1, 0.15) is 38.5 Å². The van der Waals surface area contributed by atoms with Gasteiger partial charge in [-0.25, -0.2) is 4.39 Å². The van der Waals surface area contributed by atoms with E-state index >= 15 is 0 Å². The summed E-state index contributed by atoms with van der Waals surface area (Å²) < 4.78 is 18.0. The molecule has 0 N–H and O–H groups in total. The van der Waals surface area contributed by atoms with Gasteiger partial charge in [-0.05, 0) is 32.1 Å². The first-order valence-electron chi connectivity index (χ1n) is 6.50. The number of unbranched alkanes of at least 4 members (excludes halogenated alkanes) is 1. The molecule has 0 amide bonds.